The number of likely N-dealkylation sites (tertiary alicyclic amines) is 1. The number of benzene rings is 1. The summed E-state index contributed by atoms with van der Waals surface area (Å²) in [5.74, 6) is -1.36. The zero-order valence-electron chi connectivity index (χ0n) is 11.5. The zero-order chi connectivity index (χ0) is 14.9. The summed E-state index contributed by atoms with van der Waals surface area (Å²) in [4.78, 5) is 36.2. The number of nitrogen functional groups attached to an aromatic ring is 1. The van der Waals surface area contributed by atoms with Crippen LogP contribution < -0.4 is 11.1 Å². The highest BCUT2D eigenvalue weighted by atomic mass is 16.2. The Hall–Kier alpha value is -2.37. The Kier molecular flexibility index (Phi) is 3.74. The molecule has 3 amide bonds. The number of aryl methyl sites for hydroxylation is 1. The first-order chi connectivity index (χ1) is 9.38. The molecule has 1 heterocycles. The van der Waals surface area contributed by atoms with Crippen molar-refractivity contribution >= 4 is 29.1 Å². The van der Waals surface area contributed by atoms with Crippen LogP contribution in [0.2, 0.25) is 0 Å². The summed E-state index contributed by atoms with van der Waals surface area (Å²) in [6.45, 7) is 3.29. The predicted molar refractivity (Wildman–Crippen MR) is 74.7 cm³/mol. The van der Waals surface area contributed by atoms with Crippen LogP contribution in [0.5, 0.6) is 0 Å². The molecule has 0 spiro atoms. The van der Waals surface area contributed by atoms with Crippen molar-refractivity contribution in [3.63, 3.8) is 0 Å². The molecule has 1 aliphatic rings. The molecular weight excluding hydrogens is 258 g/mol. The second-order valence-electron chi connectivity index (χ2n) is 5.04. The van der Waals surface area contributed by atoms with E-state index in [0.717, 1.165) is 10.5 Å². The van der Waals surface area contributed by atoms with E-state index in [-0.39, 0.29) is 30.7 Å². The van der Waals surface area contributed by atoms with Gasteiger partial charge in [0.2, 0.25) is 17.7 Å². The quantitative estimate of drug-likeness (QED) is 0.633. The monoisotopic (exact) mass is 275 g/mol. The van der Waals surface area contributed by atoms with Gasteiger partial charge in [0, 0.05) is 23.7 Å². The third-order valence-electron chi connectivity index (χ3n) is 3.33. The molecule has 0 aliphatic carbocycles. The molecule has 3 N–H and O–H groups in total. The number of anilines is 2. The standard InChI is InChI=1S/C14H17N3O3/c1-8-3-4-10(6-11(8)15)16-12(18)7-17-13(19)5-9(2)14(17)20/h3-4,6,9H,5,7,15H2,1-2H3,(H,16,18). The number of nitrogens with zero attached hydrogens (tertiary/aromatic N) is 1. The molecule has 0 radical (unpaired) electrons. The first-order valence-corrected chi connectivity index (χ1v) is 6.38. The van der Waals surface area contributed by atoms with Crippen LogP contribution >= 0.6 is 0 Å². The molecule has 0 bridgehead atoms. The van der Waals surface area contributed by atoms with Crippen molar-refractivity contribution in [3.8, 4) is 0 Å². The molecule has 1 aliphatic heterocycles. The average molecular weight is 275 g/mol. The van der Waals surface area contributed by atoms with Crippen molar-refractivity contribution in [2.24, 2.45) is 5.92 Å². The summed E-state index contributed by atoms with van der Waals surface area (Å²) < 4.78 is 0. The number of carbonyl (C=O) groups is 3. The van der Waals surface area contributed by atoms with Crippen LogP contribution in [0.1, 0.15) is 18.9 Å². The maximum atomic E-state index is 11.9. The number of rotatable bonds is 3. The van der Waals surface area contributed by atoms with Gasteiger partial charge in [-0.15, -0.1) is 0 Å². The molecule has 2 rings (SSSR count). The lowest BCUT2D eigenvalue weighted by molar-refractivity contribution is -0.142. The topological polar surface area (TPSA) is 92.5 Å². The van der Waals surface area contributed by atoms with Gasteiger partial charge in [-0.1, -0.05) is 13.0 Å². The van der Waals surface area contributed by atoms with E-state index >= 15 is 0 Å². The third-order valence-corrected chi connectivity index (χ3v) is 3.33. The number of nitrogens with one attached hydrogen (secondary N) is 1. The molecule has 1 atom stereocenters. The third kappa shape index (κ3) is 2.79. The molecule has 0 aromatic heterocycles. The molecule has 106 valence electrons. The summed E-state index contributed by atoms with van der Waals surface area (Å²) >= 11 is 0. The smallest absolute Gasteiger partial charge is 0.244 e. The van der Waals surface area contributed by atoms with E-state index in [9.17, 15) is 14.4 Å². The Morgan fingerprint density at radius 2 is 2.15 bits per heavy atom. The lowest BCUT2D eigenvalue weighted by atomic mass is 10.1. The average Bonchev–Trinajstić information content (AvgIpc) is 2.61. The fourth-order valence-electron chi connectivity index (χ4n) is 2.08. The van der Waals surface area contributed by atoms with Crippen molar-refractivity contribution in [2.45, 2.75) is 20.3 Å². The van der Waals surface area contributed by atoms with Gasteiger partial charge >= 0.3 is 0 Å². The van der Waals surface area contributed by atoms with Crippen LogP contribution in [0.15, 0.2) is 18.2 Å². The molecular formula is C14H17N3O3. The number of hydrogen-bond donors (Lipinski definition) is 2. The van der Waals surface area contributed by atoms with Gasteiger partial charge in [-0.25, -0.2) is 0 Å². The Morgan fingerprint density at radius 3 is 2.70 bits per heavy atom. The van der Waals surface area contributed by atoms with Gasteiger partial charge in [0.05, 0.1) is 0 Å². The highest BCUT2D eigenvalue weighted by molar-refractivity contribution is 6.07. The summed E-state index contributed by atoms with van der Waals surface area (Å²) in [6, 6.07) is 5.16. The minimum absolute atomic E-state index is 0.170. The number of hydrogen-bond acceptors (Lipinski definition) is 4. The summed E-state index contributed by atoms with van der Waals surface area (Å²) in [5.41, 5.74) is 7.79. The highest BCUT2D eigenvalue weighted by Crippen LogP contribution is 2.19. The van der Waals surface area contributed by atoms with E-state index in [4.69, 9.17) is 5.73 Å². The second kappa shape index (κ2) is 5.32. The van der Waals surface area contributed by atoms with Gasteiger partial charge in [-0.05, 0) is 24.6 Å². The fourth-order valence-corrected chi connectivity index (χ4v) is 2.08. The predicted octanol–water partition coefficient (Wildman–Crippen LogP) is 0.911. The second-order valence-corrected chi connectivity index (χ2v) is 5.04. The van der Waals surface area contributed by atoms with Gasteiger partial charge in [-0.3, -0.25) is 19.3 Å². The van der Waals surface area contributed by atoms with Crippen LogP contribution in [0.3, 0.4) is 0 Å². The number of nitrogens with two attached hydrogens (primary N) is 1. The molecule has 1 aromatic carbocycles. The molecule has 20 heavy (non-hydrogen) atoms. The van der Waals surface area contributed by atoms with Gasteiger partial charge in [0.25, 0.3) is 0 Å². The number of carbonyl (C=O) groups excluding carboxylic acids is 3. The molecule has 1 saturated heterocycles. The van der Waals surface area contributed by atoms with E-state index in [1.807, 2.05) is 6.92 Å². The van der Waals surface area contributed by atoms with Gasteiger partial charge < -0.3 is 11.1 Å². The molecule has 6 nitrogen and oxygen atoms in total. The largest absolute Gasteiger partial charge is 0.398 e. The lowest BCUT2D eigenvalue weighted by Gasteiger charge is -2.14. The molecule has 6 heteroatoms. The number of imide groups is 1. The van der Waals surface area contributed by atoms with Crippen LogP contribution in [0.25, 0.3) is 0 Å². The minimum Gasteiger partial charge on any atom is -0.398 e. The van der Waals surface area contributed by atoms with E-state index in [0.29, 0.717) is 11.4 Å². The summed E-state index contributed by atoms with van der Waals surface area (Å²) in [6.07, 6.45) is 0.170. The van der Waals surface area contributed by atoms with Crippen LogP contribution in [0, 0.1) is 12.8 Å². The van der Waals surface area contributed by atoms with Crippen molar-refractivity contribution < 1.29 is 14.4 Å². The Morgan fingerprint density at radius 1 is 1.45 bits per heavy atom. The number of amides is 3. The molecule has 1 fully saturated rings. The Balaban J connectivity index is 2.00. The maximum Gasteiger partial charge on any atom is 0.244 e. The molecule has 1 unspecified atom stereocenters. The van der Waals surface area contributed by atoms with Gasteiger partial charge in [0.15, 0.2) is 0 Å². The van der Waals surface area contributed by atoms with Crippen LogP contribution in [0.4, 0.5) is 11.4 Å². The summed E-state index contributed by atoms with van der Waals surface area (Å²) in [7, 11) is 0. The van der Waals surface area contributed by atoms with E-state index in [2.05, 4.69) is 5.32 Å². The van der Waals surface area contributed by atoms with Gasteiger partial charge in [0.1, 0.15) is 6.54 Å². The first kappa shape index (κ1) is 14.0. The molecule has 1 aromatic rings. The van der Waals surface area contributed by atoms with Crippen molar-refractivity contribution in [1.29, 1.82) is 0 Å². The lowest BCUT2D eigenvalue weighted by Crippen LogP contribution is -2.37. The van der Waals surface area contributed by atoms with E-state index < -0.39 is 5.91 Å². The van der Waals surface area contributed by atoms with Crippen molar-refractivity contribution in [3.05, 3.63) is 23.8 Å². The van der Waals surface area contributed by atoms with Crippen LogP contribution in [-0.2, 0) is 14.4 Å². The SMILES string of the molecule is Cc1ccc(NC(=O)CN2C(=O)CC(C)C2=O)cc1N. The van der Waals surface area contributed by atoms with E-state index in [1.54, 1.807) is 25.1 Å². The Labute approximate surface area is 116 Å². The van der Waals surface area contributed by atoms with Crippen molar-refractivity contribution in [1.82, 2.24) is 4.90 Å². The highest BCUT2D eigenvalue weighted by Gasteiger charge is 2.36. The van der Waals surface area contributed by atoms with E-state index in [1.165, 1.54) is 0 Å². The fraction of sp³-hybridized carbons (Fsp3) is 0.357. The van der Waals surface area contributed by atoms with Gasteiger partial charge in [-0.2, -0.15) is 0 Å². The first-order valence-electron chi connectivity index (χ1n) is 6.38. The summed E-state index contributed by atoms with van der Waals surface area (Å²) in [5, 5.41) is 2.63. The van der Waals surface area contributed by atoms with Crippen molar-refractivity contribution in [2.75, 3.05) is 17.6 Å². The normalized spacial score (nSPS) is 18.5. The molecule has 0 saturated carbocycles. The van der Waals surface area contributed by atoms with Crippen LogP contribution in [-0.4, -0.2) is 29.2 Å². The maximum absolute atomic E-state index is 11.9. The Bertz CT molecular complexity index is 583. The zero-order valence-corrected chi connectivity index (χ0v) is 11.5. The minimum atomic E-state index is -0.413.